The molecule has 0 bridgehead atoms. The van der Waals surface area contributed by atoms with Crippen molar-refractivity contribution in [2.45, 2.75) is 37.8 Å². The molecule has 0 radical (unpaired) electrons. The van der Waals surface area contributed by atoms with Crippen molar-refractivity contribution in [3.63, 3.8) is 0 Å². The van der Waals surface area contributed by atoms with Crippen LogP contribution in [-0.2, 0) is 9.47 Å². The number of ether oxygens (including phenoxy) is 2. The van der Waals surface area contributed by atoms with Crippen LogP contribution in [0.5, 0.6) is 0 Å². The number of aromatic nitrogens is 2. The average Bonchev–Trinajstić information content (AvgIpc) is 3.52. The molecule has 150 valence electrons. The summed E-state index contributed by atoms with van der Waals surface area (Å²) in [7, 11) is 4.07. The van der Waals surface area contributed by atoms with Crippen LogP contribution in [0.3, 0.4) is 0 Å². The Morgan fingerprint density at radius 1 is 0.963 bits per heavy atom. The van der Waals surface area contributed by atoms with Crippen molar-refractivity contribution in [3.8, 4) is 0 Å². The van der Waals surface area contributed by atoms with Gasteiger partial charge in [0.05, 0.1) is 26.4 Å². The number of nitrogens with zero attached hydrogens (tertiary/aromatic N) is 5. The molecular weight excluding hydrogens is 342 g/mol. The average molecular weight is 376 g/mol. The highest BCUT2D eigenvalue weighted by atomic mass is 16.5. The molecule has 4 rings (SSSR count). The van der Waals surface area contributed by atoms with E-state index < -0.39 is 0 Å². The van der Waals surface area contributed by atoms with E-state index in [0.717, 1.165) is 57.7 Å². The molecule has 0 aromatic carbocycles. The third kappa shape index (κ3) is 4.89. The molecule has 0 unspecified atom stereocenters. The van der Waals surface area contributed by atoms with Crippen LogP contribution < -0.4 is 9.80 Å². The van der Waals surface area contributed by atoms with Crippen molar-refractivity contribution in [1.82, 2.24) is 14.9 Å². The maximum absolute atomic E-state index is 5.66. The maximum Gasteiger partial charge on any atom is 0.134 e. The first-order valence-electron chi connectivity index (χ1n) is 10.4. The Morgan fingerprint density at radius 2 is 1.59 bits per heavy atom. The summed E-state index contributed by atoms with van der Waals surface area (Å²) in [5, 5.41) is 0. The van der Waals surface area contributed by atoms with Crippen molar-refractivity contribution in [2.75, 3.05) is 70.0 Å². The van der Waals surface area contributed by atoms with Crippen LogP contribution in [0.1, 0.15) is 25.7 Å². The third-order valence-electron chi connectivity index (χ3n) is 5.85. The molecule has 3 aliphatic rings. The summed E-state index contributed by atoms with van der Waals surface area (Å²) in [5.74, 6) is 2.59. The molecule has 1 aromatic heterocycles. The van der Waals surface area contributed by atoms with Crippen molar-refractivity contribution in [1.29, 1.82) is 0 Å². The van der Waals surface area contributed by atoms with E-state index in [-0.39, 0.29) is 0 Å². The van der Waals surface area contributed by atoms with E-state index in [0.29, 0.717) is 18.0 Å². The van der Waals surface area contributed by atoms with Crippen LogP contribution in [-0.4, -0.2) is 87.1 Å². The van der Waals surface area contributed by atoms with Crippen LogP contribution in [0.2, 0.25) is 0 Å². The molecule has 2 aliphatic heterocycles. The zero-order valence-electron chi connectivity index (χ0n) is 16.7. The van der Waals surface area contributed by atoms with Gasteiger partial charge in [0, 0.05) is 57.8 Å². The number of anilines is 2. The fraction of sp³-hybridized carbons (Fsp3) is 0.800. The molecule has 0 atom stereocenters. The summed E-state index contributed by atoms with van der Waals surface area (Å²) in [6.07, 6.45) is 6.69. The molecule has 0 N–H and O–H groups in total. The highest BCUT2D eigenvalue weighted by Gasteiger charge is 2.37. The SMILES string of the molecule is CN(C)c1cc(N(C2CC2)C2CCN(CC3COCCOC3)CC2)ncn1. The van der Waals surface area contributed by atoms with Gasteiger partial charge in [-0.05, 0) is 25.7 Å². The monoisotopic (exact) mass is 375 g/mol. The van der Waals surface area contributed by atoms with Crippen molar-refractivity contribution < 1.29 is 9.47 Å². The summed E-state index contributed by atoms with van der Waals surface area (Å²) in [4.78, 5) is 16.2. The Labute approximate surface area is 162 Å². The first-order chi connectivity index (χ1) is 13.2. The number of piperidine rings is 1. The third-order valence-corrected chi connectivity index (χ3v) is 5.85. The lowest BCUT2D eigenvalue weighted by Gasteiger charge is -2.40. The molecule has 3 fully saturated rings. The van der Waals surface area contributed by atoms with E-state index in [1.807, 2.05) is 14.1 Å². The summed E-state index contributed by atoms with van der Waals surface area (Å²) in [6, 6.07) is 3.39. The molecule has 0 spiro atoms. The Kier molecular flexibility index (Phi) is 6.10. The zero-order chi connectivity index (χ0) is 18.6. The molecule has 7 nitrogen and oxygen atoms in total. The van der Waals surface area contributed by atoms with Crippen LogP contribution in [0.25, 0.3) is 0 Å². The van der Waals surface area contributed by atoms with Crippen molar-refractivity contribution in [2.24, 2.45) is 5.92 Å². The standard InChI is InChI=1S/C20H33N5O2/c1-23(2)19-11-20(22-15-21-19)25(17-3-4-17)18-5-7-24(8-6-18)12-16-13-26-9-10-27-14-16/h11,15-18H,3-10,12-14H2,1-2H3. The van der Waals surface area contributed by atoms with Gasteiger partial charge in [-0.15, -0.1) is 0 Å². The Bertz CT molecular complexity index is 594. The highest BCUT2D eigenvalue weighted by molar-refractivity contribution is 5.51. The second kappa shape index (κ2) is 8.71. The zero-order valence-corrected chi connectivity index (χ0v) is 16.7. The van der Waals surface area contributed by atoms with Crippen LogP contribution in [0, 0.1) is 5.92 Å². The molecule has 27 heavy (non-hydrogen) atoms. The number of hydrogen-bond acceptors (Lipinski definition) is 7. The van der Waals surface area contributed by atoms with E-state index in [2.05, 4.69) is 30.7 Å². The normalized spacial score (nSPS) is 23.2. The molecule has 1 saturated carbocycles. The second-order valence-corrected chi connectivity index (χ2v) is 8.31. The lowest BCUT2D eigenvalue weighted by atomic mass is 10.0. The number of likely N-dealkylation sites (tertiary alicyclic amines) is 1. The summed E-state index contributed by atoms with van der Waals surface area (Å²) in [5.41, 5.74) is 0. The summed E-state index contributed by atoms with van der Waals surface area (Å²) >= 11 is 0. The fourth-order valence-electron chi connectivity index (χ4n) is 4.26. The quantitative estimate of drug-likeness (QED) is 0.749. The van der Waals surface area contributed by atoms with Crippen molar-refractivity contribution in [3.05, 3.63) is 12.4 Å². The van der Waals surface area contributed by atoms with E-state index in [1.165, 1.54) is 25.7 Å². The predicted octanol–water partition coefficient (Wildman–Crippen LogP) is 1.64. The summed E-state index contributed by atoms with van der Waals surface area (Å²) < 4.78 is 11.3. The van der Waals surface area contributed by atoms with E-state index in [4.69, 9.17) is 9.47 Å². The molecule has 0 amide bonds. The largest absolute Gasteiger partial charge is 0.379 e. The highest BCUT2D eigenvalue weighted by Crippen LogP contribution is 2.36. The second-order valence-electron chi connectivity index (χ2n) is 8.31. The van der Waals surface area contributed by atoms with Crippen molar-refractivity contribution >= 4 is 11.6 Å². The lowest BCUT2D eigenvalue weighted by molar-refractivity contribution is 0.0933. The minimum Gasteiger partial charge on any atom is -0.379 e. The van der Waals surface area contributed by atoms with Crippen LogP contribution in [0.15, 0.2) is 12.4 Å². The smallest absolute Gasteiger partial charge is 0.134 e. The van der Waals surface area contributed by atoms with Crippen LogP contribution in [0.4, 0.5) is 11.6 Å². The topological polar surface area (TPSA) is 54.0 Å². The molecule has 1 aromatic rings. The van der Waals surface area contributed by atoms with Gasteiger partial charge in [-0.2, -0.15) is 0 Å². The molecule has 7 heteroatoms. The number of hydrogen-bond donors (Lipinski definition) is 0. The minimum absolute atomic E-state index is 0.507. The van der Waals surface area contributed by atoms with Gasteiger partial charge in [-0.1, -0.05) is 0 Å². The van der Waals surface area contributed by atoms with Crippen LogP contribution >= 0.6 is 0 Å². The first kappa shape index (κ1) is 18.9. The van der Waals surface area contributed by atoms with Gasteiger partial charge in [-0.25, -0.2) is 9.97 Å². The molecule has 1 aliphatic carbocycles. The molecule has 2 saturated heterocycles. The summed E-state index contributed by atoms with van der Waals surface area (Å²) in [6.45, 7) is 6.54. The predicted molar refractivity (Wildman–Crippen MR) is 106 cm³/mol. The first-order valence-corrected chi connectivity index (χ1v) is 10.4. The van der Waals surface area contributed by atoms with Gasteiger partial charge in [0.25, 0.3) is 0 Å². The Morgan fingerprint density at radius 3 is 2.22 bits per heavy atom. The Hall–Kier alpha value is -1.44. The van der Waals surface area contributed by atoms with E-state index >= 15 is 0 Å². The fourth-order valence-corrected chi connectivity index (χ4v) is 4.26. The van der Waals surface area contributed by atoms with E-state index in [1.54, 1.807) is 6.33 Å². The van der Waals surface area contributed by atoms with E-state index in [9.17, 15) is 0 Å². The maximum atomic E-state index is 5.66. The van der Waals surface area contributed by atoms with Gasteiger partial charge >= 0.3 is 0 Å². The minimum atomic E-state index is 0.507. The number of rotatable bonds is 6. The van der Waals surface area contributed by atoms with Gasteiger partial charge in [0.2, 0.25) is 0 Å². The Balaban J connectivity index is 1.36. The van der Waals surface area contributed by atoms with Gasteiger partial charge < -0.3 is 24.2 Å². The molecular formula is C20H33N5O2. The molecule has 3 heterocycles. The van der Waals surface area contributed by atoms with Gasteiger partial charge in [0.15, 0.2) is 0 Å². The van der Waals surface area contributed by atoms with Gasteiger partial charge in [0.1, 0.15) is 18.0 Å². The van der Waals surface area contributed by atoms with Gasteiger partial charge in [-0.3, -0.25) is 0 Å². The lowest BCUT2D eigenvalue weighted by Crippen LogP contribution is -2.48.